The number of hydrogen-bond donors (Lipinski definition) is 1. The molecule has 3 aromatic rings. The van der Waals surface area contributed by atoms with Gasteiger partial charge in [0.05, 0.1) is 21.8 Å². The molecule has 2 aromatic carbocycles. The van der Waals surface area contributed by atoms with Crippen molar-refractivity contribution in [3.63, 3.8) is 0 Å². The van der Waals surface area contributed by atoms with E-state index in [1.807, 2.05) is 0 Å². The van der Waals surface area contributed by atoms with Gasteiger partial charge in [-0.25, -0.2) is 9.97 Å². The Morgan fingerprint density at radius 2 is 1.47 bits per heavy atom. The first-order chi connectivity index (χ1) is 13.9. The average Bonchev–Trinajstić information content (AvgIpc) is 2.66. The van der Waals surface area contributed by atoms with Crippen molar-refractivity contribution in [3.8, 4) is 22.6 Å². The lowest BCUT2D eigenvalue weighted by molar-refractivity contribution is -0.143. The molecule has 0 aliphatic heterocycles. The molecule has 0 atom stereocenters. The van der Waals surface area contributed by atoms with Crippen molar-refractivity contribution in [2.24, 2.45) is 5.73 Å². The molecule has 1 heterocycles. The summed E-state index contributed by atoms with van der Waals surface area (Å²) < 4.78 is 78.9. The van der Waals surface area contributed by atoms with Crippen LogP contribution in [0.5, 0.6) is 0 Å². The van der Waals surface area contributed by atoms with Crippen LogP contribution in [-0.4, -0.2) is 9.97 Å². The van der Waals surface area contributed by atoms with E-state index in [0.29, 0.717) is 28.3 Å². The highest BCUT2D eigenvalue weighted by atomic mass is 35.5. The van der Waals surface area contributed by atoms with Gasteiger partial charge >= 0.3 is 12.4 Å². The number of rotatable bonds is 3. The van der Waals surface area contributed by atoms with E-state index in [4.69, 9.17) is 28.9 Å². The molecule has 0 bridgehead atoms. The molecule has 0 amide bonds. The second kappa shape index (κ2) is 8.05. The van der Waals surface area contributed by atoms with Crippen LogP contribution < -0.4 is 5.73 Å². The number of halogens is 8. The van der Waals surface area contributed by atoms with Gasteiger partial charge in [0.1, 0.15) is 0 Å². The van der Waals surface area contributed by atoms with Crippen molar-refractivity contribution < 1.29 is 26.3 Å². The maximum Gasteiger partial charge on any atom is 0.416 e. The Balaban J connectivity index is 2.24. The van der Waals surface area contributed by atoms with Crippen LogP contribution in [0.2, 0.25) is 10.0 Å². The van der Waals surface area contributed by atoms with Crippen LogP contribution in [0.3, 0.4) is 0 Å². The minimum Gasteiger partial charge on any atom is -0.326 e. The average molecular weight is 466 g/mol. The molecule has 0 spiro atoms. The van der Waals surface area contributed by atoms with Crippen LogP contribution in [0.25, 0.3) is 22.6 Å². The van der Waals surface area contributed by atoms with Gasteiger partial charge in [0, 0.05) is 34.5 Å². The molecule has 0 fully saturated rings. The Labute approximate surface area is 176 Å². The van der Waals surface area contributed by atoms with Crippen LogP contribution in [0.15, 0.2) is 42.6 Å². The quantitative estimate of drug-likeness (QED) is 0.442. The summed E-state index contributed by atoms with van der Waals surface area (Å²) in [5.41, 5.74) is 3.21. The fourth-order valence-corrected chi connectivity index (χ4v) is 3.19. The van der Waals surface area contributed by atoms with E-state index >= 15 is 0 Å². The lowest BCUT2D eigenvalue weighted by Gasteiger charge is -2.15. The molecule has 1 aromatic heterocycles. The third kappa shape index (κ3) is 4.69. The zero-order chi connectivity index (χ0) is 22.3. The maximum atomic E-state index is 13.2. The highest BCUT2D eigenvalue weighted by molar-refractivity contribution is 6.36. The predicted molar refractivity (Wildman–Crippen MR) is 101 cm³/mol. The van der Waals surface area contributed by atoms with E-state index in [2.05, 4.69) is 9.97 Å². The van der Waals surface area contributed by atoms with Crippen molar-refractivity contribution in [1.82, 2.24) is 9.97 Å². The van der Waals surface area contributed by atoms with E-state index in [-0.39, 0.29) is 29.2 Å². The van der Waals surface area contributed by atoms with Crippen LogP contribution in [0.4, 0.5) is 26.3 Å². The summed E-state index contributed by atoms with van der Waals surface area (Å²) in [5, 5.41) is 0.516. The minimum atomic E-state index is -4.99. The fraction of sp³-hybridized carbons (Fsp3) is 0.158. The summed E-state index contributed by atoms with van der Waals surface area (Å²) in [5.74, 6) is -0.343. The number of benzene rings is 2. The summed E-state index contributed by atoms with van der Waals surface area (Å²) in [7, 11) is 0. The summed E-state index contributed by atoms with van der Waals surface area (Å²) >= 11 is 12.0. The van der Waals surface area contributed by atoms with Crippen LogP contribution in [-0.2, 0) is 18.9 Å². The molecule has 3 rings (SSSR count). The molecule has 0 saturated carbocycles. The van der Waals surface area contributed by atoms with E-state index in [9.17, 15) is 26.3 Å². The van der Waals surface area contributed by atoms with E-state index in [1.54, 1.807) is 0 Å². The van der Waals surface area contributed by atoms with Crippen molar-refractivity contribution in [2.75, 3.05) is 0 Å². The Morgan fingerprint density at radius 1 is 0.867 bits per heavy atom. The molecule has 3 nitrogen and oxygen atoms in total. The van der Waals surface area contributed by atoms with Gasteiger partial charge in [0.25, 0.3) is 0 Å². The Hall–Kier alpha value is -2.36. The van der Waals surface area contributed by atoms with Crippen LogP contribution >= 0.6 is 23.2 Å². The number of hydrogen-bond acceptors (Lipinski definition) is 3. The smallest absolute Gasteiger partial charge is 0.326 e. The fourth-order valence-electron chi connectivity index (χ4n) is 2.69. The van der Waals surface area contributed by atoms with Gasteiger partial charge < -0.3 is 5.73 Å². The second-order valence-electron chi connectivity index (χ2n) is 6.19. The number of nitrogens with zero attached hydrogens (tertiary/aromatic N) is 2. The van der Waals surface area contributed by atoms with Crippen molar-refractivity contribution in [2.45, 2.75) is 18.9 Å². The first-order valence-electron chi connectivity index (χ1n) is 8.21. The lowest BCUT2D eigenvalue weighted by Crippen LogP contribution is -2.11. The minimum absolute atomic E-state index is 0.0364. The molecule has 0 aliphatic carbocycles. The van der Waals surface area contributed by atoms with Gasteiger partial charge in [0.15, 0.2) is 5.82 Å². The molecule has 0 unspecified atom stereocenters. The molecule has 0 aliphatic rings. The molecule has 2 N–H and O–H groups in total. The van der Waals surface area contributed by atoms with Crippen LogP contribution in [0, 0.1) is 0 Å². The number of aromatic nitrogens is 2. The third-order valence-electron chi connectivity index (χ3n) is 4.12. The SMILES string of the molecule is NCc1cnc(-c2cc(C(F)(F)F)cc(C(F)(F)F)c2)nc1-c1ccc(Cl)cc1Cl. The normalized spacial score (nSPS) is 12.3. The monoisotopic (exact) mass is 465 g/mol. The molecule has 158 valence electrons. The maximum absolute atomic E-state index is 13.2. The third-order valence-corrected chi connectivity index (χ3v) is 4.66. The topological polar surface area (TPSA) is 51.8 Å². The molecular weight excluding hydrogens is 455 g/mol. The van der Waals surface area contributed by atoms with Gasteiger partial charge in [-0.2, -0.15) is 26.3 Å². The highest BCUT2D eigenvalue weighted by Gasteiger charge is 2.37. The molecule has 0 radical (unpaired) electrons. The Morgan fingerprint density at radius 3 is 1.97 bits per heavy atom. The summed E-state index contributed by atoms with van der Waals surface area (Å²) in [6.45, 7) is -0.0367. The van der Waals surface area contributed by atoms with Gasteiger partial charge in [-0.15, -0.1) is 0 Å². The first-order valence-corrected chi connectivity index (χ1v) is 8.97. The van der Waals surface area contributed by atoms with Gasteiger partial charge in [-0.1, -0.05) is 23.2 Å². The van der Waals surface area contributed by atoms with Gasteiger partial charge in [-0.3, -0.25) is 0 Å². The summed E-state index contributed by atoms with van der Waals surface area (Å²) in [6, 6.07) is 5.60. The van der Waals surface area contributed by atoms with E-state index in [1.165, 1.54) is 24.4 Å². The van der Waals surface area contributed by atoms with Gasteiger partial charge in [0.2, 0.25) is 0 Å². The summed E-state index contributed by atoms with van der Waals surface area (Å²) in [6.07, 6.45) is -8.75. The molecule has 30 heavy (non-hydrogen) atoms. The van der Waals surface area contributed by atoms with Crippen LogP contribution in [0.1, 0.15) is 16.7 Å². The predicted octanol–water partition coefficient (Wildman–Crippen LogP) is 6.61. The largest absolute Gasteiger partial charge is 0.416 e. The molecular formula is C19H11Cl2F6N3. The number of nitrogens with two attached hydrogens (primary N) is 1. The molecule has 11 heteroatoms. The van der Waals surface area contributed by atoms with E-state index in [0.717, 1.165) is 0 Å². The Bertz CT molecular complexity index is 1060. The summed E-state index contributed by atoms with van der Waals surface area (Å²) in [4.78, 5) is 8.07. The van der Waals surface area contributed by atoms with Crippen molar-refractivity contribution in [1.29, 1.82) is 0 Å². The van der Waals surface area contributed by atoms with Gasteiger partial charge in [-0.05, 0) is 36.4 Å². The zero-order valence-electron chi connectivity index (χ0n) is 14.7. The molecule has 0 saturated heterocycles. The number of alkyl halides is 6. The zero-order valence-corrected chi connectivity index (χ0v) is 16.3. The first kappa shape index (κ1) is 22.3. The van der Waals surface area contributed by atoms with Crippen molar-refractivity contribution in [3.05, 3.63) is 69.3 Å². The Kier molecular flexibility index (Phi) is 5.99. The van der Waals surface area contributed by atoms with E-state index < -0.39 is 29.0 Å². The second-order valence-corrected chi connectivity index (χ2v) is 7.03. The standard InChI is InChI=1S/C19H11Cl2F6N3/c20-13-1-2-14(15(21)6-13)16-10(7-28)8-29-17(30-16)9-3-11(18(22,23)24)5-12(4-9)19(25,26)27/h1-6,8H,7,28H2. The highest BCUT2D eigenvalue weighted by Crippen LogP contribution is 2.39. The lowest BCUT2D eigenvalue weighted by atomic mass is 10.0. The van der Waals surface area contributed by atoms with Crippen molar-refractivity contribution >= 4 is 23.2 Å².